The molecule has 1 aliphatic carbocycles. The van der Waals surface area contributed by atoms with Gasteiger partial charge in [-0.15, -0.1) is 0 Å². The lowest BCUT2D eigenvalue weighted by Gasteiger charge is -2.47. The summed E-state index contributed by atoms with van der Waals surface area (Å²) in [7, 11) is 0. The molecule has 1 aromatic carbocycles. The van der Waals surface area contributed by atoms with Gasteiger partial charge in [0.2, 0.25) is 5.79 Å². The van der Waals surface area contributed by atoms with Crippen molar-refractivity contribution in [3.8, 4) is 0 Å². The highest BCUT2D eigenvalue weighted by Gasteiger charge is 2.75. The van der Waals surface area contributed by atoms with Crippen LogP contribution >= 0.6 is 0 Å². The lowest BCUT2D eigenvalue weighted by atomic mass is 9.71. The number of fused-ring (bicyclic) bond motifs is 4. The zero-order valence-electron chi connectivity index (χ0n) is 29.8. The molecule has 51 heavy (non-hydrogen) atoms. The Morgan fingerprint density at radius 2 is 1.33 bits per heavy atom. The first-order valence-corrected chi connectivity index (χ1v) is 16.4. The maximum absolute atomic E-state index is 14.1. The molecule has 2 aliphatic heterocycles. The van der Waals surface area contributed by atoms with E-state index in [0.29, 0.717) is 0 Å². The fourth-order valence-corrected chi connectivity index (χ4v) is 7.73. The van der Waals surface area contributed by atoms with Gasteiger partial charge in [-0.1, -0.05) is 45.5 Å². The fourth-order valence-electron chi connectivity index (χ4n) is 7.73. The van der Waals surface area contributed by atoms with Gasteiger partial charge in [0.1, 0.15) is 18.3 Å². The van der Waals surface area contributed by atoms with E-state index < -0.39 is 113 Å². The Labute approximate surface area is 294 Å². The van der Waals surface area contributed by atoms with Crippen molar-refractivity contribution in [1.29, 1.82) is 0 Å². The van der Waals surface area contributed by atoms with Crippen molar-refractivity contribution in [2.75, 3.05) is 0 Å². The number of esters is 6. The summed E-state index contributed by atoms with van der Waals surface area (Å²) in [5.74, 6) is -11.2. The lowest BCUT2D eigenvalue weighted by molar-refractivity contribution is -0.322. The molecule has 15 nitrogen and oxygen atoms in total. The molecule has 4 rings (SSSR count). The second-order valence-electron chi connectivity index (χ2n) is 13.9. The van der Waals surface area contributed by atoms with Crippen LogP contribution in [0.15, 0.2) is 42.5 Å². The van der Waals surface area contributed by atoms with Gasteiger partial charge in [0, 0.05) is 45.6 Å². The maximum atomic E-state index is 14.1. The van der Waals surface area contributed by atoms with Gasteiger partial charge in [-0.25, -0.2) is 4.79 Å². The van der Waals surface area contributed by atoms with Crippen LogP contribution in [0.1, 0.15) is 78.6 Å². The topological polar surface area (TPSA) is 204 Å². The minimum atomic E-state index is -2.66. The number of ketones is 1. The van der Waals surface area contributed by atoms with Crippen molar-refractivity contribution in [2.24, 2.45) is 17.3 Å². The molecule has 2 bridgehead atoms. The van der Waals surface area contributed by atoms with Gasteiger partial charge in [-0.05, 0) is 24.5 Å². The van der Waals surface area contributed by atoms with Crippen LogP contribution in [0.5, 0.6) is 0 Å². The third-order valence-corrected chi connectivity index (χ3v) is 9.58. The quantitative estimate of drug-likeness (QED) is 0.245. The Bertz CT molecular complexity index is 1600. The predicted octanol–water partition coefficient (Wildman–Crippen LogP) is 2.54. The summed E-state index contributed by atoms with van der Waals surface area (Å²) in [5.41, 5.74) is -4.23. The van der Waals surface area contributed by atoms with Gasteiger partial charge >= 0.3 is 35.8 Å². The molecule has 1 saturated carbocycles. The lowest BCUT2D eigenvalue weighted by Crippen LogP contribution is -2.64. The highest BCUT2D eigenvalue weighted by Crippen LogP contribution is 2.58. The van der Waals surface area contributed by atoms with Gasteiger partial charge in [0.15, 0.2) is 29.7 Å². The van der Waals surface area contributed by atoms with Gasteiger partial charge in [0.25, 0.3) is 0 Å². The zero-order valence-corrected chi connectivity index (χ0v) is 29.8. The molecule has 3 aliphatic rings. The Balaban J connectivity index is 2.13. The molecular weight excluding hydrogens is 672 g/mol. The molecule has 0 spiro atoms. The summed E-state index contributed by atoms with van der Waals surface area (Å²) in [5, 5.41) is 12.5. The van der Waals surface area contributed by atoms with E-state index in [1.54, 1.807) is 25.1 Å². The zero-order chi connectivity index (χ0) is 38.2. The molecule has 10 atom stereocenters. The van der Waals surface area contributed by atoms with Crippen LogP contribution in [-0.2, 0) is 61.9 Å². The number of carbonyl (C=O) groups excluding carboxylic acids is 7. The van der Waals surface area contributed by atoms with Crippen LogP contribution < -0.4 is 0 Å². The molecule has 278 valence electrons. The van der Waals surface area contributed by atoms with Crippen LogP contribution in [0.2, 0.25) is 0 Å². The molecule has 0 aromatic heterocycles. The van der Waals surface area contributed by atoms with Crippen molar-refractivity contribution in [3.63, 3.8) is 0 Å². The number of hydrogen-bond donors (Lipinski definition) is 1. The van der Waals surface area contributed by atoms with Crippen LogP contribution in [0.4, 0.5) is 0 Å². The molecular formula is C36H44O15. The van der Waals surface area contributed by atoms with E-state index in [4.69, 9.17) is 33.2 Å². The Hall–Kier alpha value is -4.63. The summed E-state index contributed by atoms with van der Waals surface area (Å²) in [6.45, 7) is 14.0. The average molecular weight is 717 g/mol. The standard InChI is InChI=1S/C36H44O15/c1-17-15-35(50-23(7)41)26(27(17)45-19(3)37)28(46-20(4)38)18(2)29(47-21(5)39)30(49-33(43)24-13-11-10-12-14-24)32(48-22(6)40)34(8,9)31-25(42)16-36(35,44)51-31/h10-14,17,26-32,44H,2,15-16H2,1,3-9H3. The van der Waals surface area contributed by atoms with Crippen LogP contribution in [0, 0.1) is 17.3 Å². The summed E-state index contributed by atoms with van der Waals surface area (Å²) in [6, 6.07) is 7.67. The molecule has 0 amide bonds. The third-order valence-electron chi connectivity index (χ3n) is 9.58. The van der Waals surface area contributed by atoms with Crippen molar-refractivity contribution in [1.82, 2.24) is 0 Å². The number of ether oxygens (including phenoxy) is 7. The Morgan fingerprint density at radius 3 is 1.86 bits per heavy atom. The smallest absolute Gasteiger partial charge is 0.338 e. The van der Waals surface area contributed by atoms with Crippen LogP contribution in [-0.4, -0.2) is 94.7 Å². The molecule has 2 heterocycles. The average Bonchev–Trinajstić information content (AvgIpc) is 3.48. The molecule has 15 heteroatoms. The minimum absolute atomic E-state index is 0.0471. The van der Waals surface area contributed by atoms with E-state index in [1.807, 2.05) is 0 Å². The highest BCUT2D eigenvalue weighted by molar-refractivity contribution is 5.90. The van der Waals surface area contributed by atoms with Crippen molar-refractivity contribution in [3.05, 3.63) is 48.0 Å². The predicted molar refractivity (Wildman–Crippen MR) is 172 cm³/mol. The molecule has 3 fully saturated rings. The van der Waals surface area contributed by atoms with E-state index in [-0.39, 0.29) is 17.6 Å². The molecule has 2 saturated heterocycles. The van der Waals surface area contributed by atoms with Gasteiger partial charge in [-0.3, -0.25) is 28.8 Å². The number of Topliss-reactive ketones (excluding diaryl/α,β-unsaturated/α-hetero) is 1. The van der Waals surface area contributed by atoms with Gasteiger partial charge < -0.3 is 38.3 Å². The van der Waals surface area contributed by atoms with E-state index >= 15 is 0 Å². The number of carbonyl (C=O) groups is 7. The highest BCUT2D eigenvalue weighted by atomic mass is 16.7. The first kappa shape index (κ1) is 39.2. The summed E-state index contributed by atoms with van der Waals surface area (Å²) >= 11 is 0. The fraction of sp³-hybridized carbons (Fsp3) is 0.583. The SMILES string of the molecule is C=C1C(OC(C)=O)C(OC(=O)c2ccccc2)C(OC(C)=O)C(C)(C)C2OC(O)(CC2=O)C2(OC(C)=O)CC(C)C(OC(C)=O)C2C1OC(C)=O. The van der Waals surface area contributed by atoms with E-state index in [1.165, 1.54) is 26.0 Å². The van der Waals surface area contributed by atoms with Crippen molar-refractivity contribution >= 4 is 41.6 Å². The van der Waals surface area contributed by atoms with Crippen LogP contribution in [0.25, 0.3) is 0 Å². The maximum Gasteiger partial charge on any atom is 0.338 e. The molecule has 0 radical (unpaired) electrons. The van der Waals surface area contributed by atoms with E-state index in [2.05, 4.69) is 6.58 Å². The number of benzene rings is 1. The second kappa shape index (κ2) is 14.5. The number of hydrogen-bond acceptors (Lipinski definition) is 15. The monoisotopic (exact) mass is 716 g/mol. The first-order chi connectivity index (χ1) is 23.6. The van der Waals surface area contributed by atoms with Crippen molar-refractivity contribution < 1.29 is 71.8 Å². The Morgan fingerprint density at radius 1 is 0.784 bits per heavy atom. The van der Waals surface area contributed by atoms with Gasteiger partial charge in [0.05, 0.1) is 17.9 Å². The van der Waals surface area contributed by atoms with E-state index in [9.17, 15) is 38.7 Å². The number of aliphatic hydroxyl groups is 1. The van der Waals surface area contributed by atoms with Gasteiger partial charge in [-0.2, -0.15) is 0 Å². The normalized spacial score (nSPS) is 34.2. The summed E-state index contributed by atoms with van der Waals surface area (Å²) in [6.07, 6.45) is -11.1. The Kier molecular flexibility index (Phi) is 11.2. The second-order valence-corrected chi connectivity index (χ2v) is 13.9. The third kappa shape index (κ3) is 7.54. The largest absolute Gasteiger partial charge is 0.462 e. The van der Waals surface area contributed by atoms with E-state index in [0.717, 1.165) is 34.6 Å². The number of rotatable bonds is 7. The first-order valence-electron chi connectivity index (χ1n) is 16.4. The molecule has 10 unspecified atom stereocenters. The van der Waals surface area contributed by atoms with Crippen LogP contribution in [0.3, 0.4) is 0 Å². The summed E-state index contributed by atoms with van der Waals surface area (Å²) in [4.78, 5) is 91.8. The minimum Gasteiger partial charge on any atom is -0.462 e. The summed E-state index contributed by atoms with van der Waals surface area (Å²) < 4.78 is 41.4. The van der Waals surface area contributed by atoms with Crippen molar-refractivity contribution in [2.45, 2.75) is 116 Å². The molecule has 1 N–H and O–H groups in total. The molecule has 1 aromatic rings.